The molecule has 0 saturated carbocycles. The fourth-order valence-corrected chi connectivity index (χ4v) is 1.62. The molecule has 5 heteroatoms. The molecule has 1 amide bonds. The highest BCUT2D eigenvalue weighted by Crippen LogP contribution is 2.13. The normalized spacial score (nSPS) is 9.79. The van der Waals surface area contributed by atoms with Crippen molar-refractivity contribution < 1.29 is 4.79 Å². The van der Waals surface area contributed by atoms with Crippen molar-refractivity contribution in [3.8, 4) is 0 Å². The lowest BCUT2D eigenvalue weighted by molar-refractivity contribution is -0.118. The van der Waals surface area contributed by atoms with Gasteiger partial charge in [-0.2, -0.15) is 0 Å². The van der Waals surface area contributed by atoms with E-state index in [4.69, 9.17) is 0 Å². The minimum absolute atomic E-state index is 0.00194. The number of imidazole rings is 1. The van der Waals surface area contributed by atoms with Gasteiger partial charge in [-0.25, -0.2) is 4.98 Å². The summed E-state index contributed by atoms with van der Waals surface area (Å²) in [7, 11) is 1.90. The first-order valence-electron chi connectivity index (χ1n) is 4.21. The van der Waals surface area contributed by atoms with E-state index in [9.17, 15) is 4.79 Å². The number of rotatable bonds is 5. The maximum absolute atomic E-state index is 11.2. The van der Waals surface area contributed by atoms with Gasteiger partial charge in [-0.05, 0) is 0 Å². The van der Waals surface area contributed by atoms with Crippen LogP contribution in [0, 0.1) is 0 Å². The van der Waals surface area contributed by atoms with Crippen LogP contribution in [-0.4, -0.2) is 27.8 Å². The molecule has 0 aromatic carbocycles. The standard InChI is InChI=1S/C9H13N3OS/c1-3-4-10-8(13)7-14-9-11-5-6-12(9)2/h3,5-6H,1,4,7H2,2H3,(H,10,13). The van der Waals surface area contributed by atoms with E-state index in [1.165, 1.54) is 11.8 Å². The molecule has 1 aromatic heterocycles. The Morgan fingerprint density at radius 2 is 2.64 bits per heavy atom. The van der Waals surface area contributed by atoms with Crippen molar-refractivity contribution in [2.24, 2.45) is 7.05 Å². The Morgan fingerprint density at radius 3 is 3.21 bits per heavy atom. The van der Waals surface area contributed by atoms with Gasteiger partial charge in [-0.1, -0.05) is 17.8 Å². The largest absolute Gasteiger partial charge is 0.352 e. The van der Waals surface area contributed by atoms with Crippen LogP contribution in [-0.2, 0) is 11.8 Å². The first-order valence-corrected chi connectivity index (χ1v) is 5.20. The van der Waals surface area contributed by atoms with E-state index in [1.807, 2.05) is 17.8 Å². The minimum Gasteiger partial charge on any atom is -0.352 e. The lowest BCUT2D eigenvalue weighted by Gasteiger charge is -2.01. The molecule has 0 aliphatic rings. The number of carbonyl (C=O) groups is 1. The molecule has 0 radical (unpaired) electrons. The number of hydrogen-bond acceptors (Lipinski definition) is 3. The van der Waals surface area contributed by atoms with Crippen molar-refractivity contribution in [1.82, 2.24) is 14.9 Å². The first kappa shape index (κ1) is 10.8. The van der Waals surface area contributed by atoms with Crippen LogP contribution in [0.25, 0.3) is 0 Å². The molecule has 76 valence electrons. The molecule has 14 heavy (non-hydrogen) atoms. The summed E-state index contributed by atoms with van der Waals surface area (Å²) in [6.45, 7) is 4.03. The van der Waals surface area contributed by atoms with Crippen molar-refractivity contribution in [2.45, 2.75) is 5.16 Å². The maximum atomic E-state index is 11.2. The van der Waals surface area contributed by atoms with Gasteiger partial charge >= 0.3 is 0 Å². The number of thioether (sulfide) groups is 1. The summed E-state index contributed by atoms with van der Waals surface area (Å²) in [6.07, 6.45) is 5.22. The number of aryl methyl sites for hydroxylation is 1. The van der Waals surface area contributed by atoms with Crippen LogP contribution in [0.4, 0.5) is 0 Å². The van der Waals surface area contributed by atoms with Crippen LogP contribution < -0.4 is 5.32 Å². The van der Waals surface area contributed by atoms with E-state index in [2.05, 4.69) is 16.9 Å². The quantitative estimate of drug-likeness (QED) is 0.579. The molecular formula is C9H13N3OS. The molecule has 0 aliphatic carbocycles. The molecule has 4 nitrogen and oxygen atoms in total. The Kier molecular flexibility index (Phi) is 4.25. The molecule has 0 unspecified atom stereocenters. The Bertz CT molecular complexity index is 322. The number of nitrogens with one attached hydrogen (secondary N) is 1. The van der Waals surface area contributed by atoms with Crippen molar-refractivity contribution >= 4 is 17.7 Å². The van der Waals surface area contributed by atoms with E-state index >= 15 is 0 Å². The van der Waals surface area contributed by atoms with Crippen LogP contribution in [0.15, 0.2) is 30.2 Å². The van der Waals surface area contributed by atoms with Crippen molar-refractivity contribution in [2.75, 3.05) is 12.3 Å². The number of hydrogen-bond donors (Lipinski definition) is 1. The zero-order valence-corrected chi connectivity index (χ0v) is 8.88. The third kappa shape index (κ3) is 3.26. The van der Waals surface area contributed by atoms with Gasteiger partial charge in [0.05, 0.1) is 5.75 Å². The fraction of sp³-hybridized carbons (Fsp3) is 0.333. The topological polar surface area (TPSA) is 46.9 Å². The monoisotopic (exact) mass is 211 g/mol. The van der Waals surface area contributed by atoms with Gasteiger partial charge in [0, 0.05) is 26.0 Å². The number of amides is 1. The summed E-state index contributed by atoms with van der Waals surface area (Å²) in [6, 6.07) is 0. The second-order valence-corrected chi connectivity index (χ2v) is 3.64. The van der Waals surface area contributed by atoms with Gasteiger partial charge in [0.25, 0.3) is 0 Å². The van der Waals surface area contributed by atoms with Crippen LogP contribution in [0.2, 0.25) is 0 Å². The molecule has 1 aromatic rings. The fourth-order valence-electron chi connectivity index (χ4n) is 0.858. The van der Waals surface area contributed by atoms with Gasteiger partial charge in [-0.3, -0.25) is 4.79 Å². The zero-order chi connectivity index (χ0) is 10.4. The lowest BCUT2D eigenvalue weighted by atomic mass is 10.6. The summed E-state index contributed by atoms with van der Waals surface area (Å²) >= 11 is 1.42. The van der Waals surface area contributed by atoms with Crippen LogP contribution in [0.5, 0.6) is 0 Å². The summed E-state index contributed by atoms with van der Waals surface area (Å²) in [5.41, 5.74) is 0. The molecule has 1 heterocycles. The summed E-state index contributed by atoms with van der Waals surface area (Å²) in [4.78, 5) is 15.3. The van der Waals surface area contributed by atoms with Crippen molar-refractivity contribution in [3.63, 3.8) is 0 Å². The molecule has 0 bridgehead atoms. The molecule has 0 atom stereocenters. The zero-order valence-electron chi connectivity index (χ0n) is 8.06. The van der Waals surface area contributed by atoms with Crippen LogP contribution in [0.1, 0.15) is 0 Å². The number of carbonyl (C=O) groups excluding carboxylic acids is 1. The number of nitrogens with zero attached hydrogens (tertiary/aromatic N) is 2. The lowest BCUT2D eigenvalue weighted by Crippen LogP contribution is -2.25. The van der Waals surface area contributed by atoms with Gasteiger partial charge in [0.15, 0.2) is 5.16 Å². The minimum atomic E-state index is -0.00194. The molecule has 0 fully saturated rings. The van der Waals surface area contributed by atoms with Gasteiger partial charge in [-0.15, -0.1) is 6.58 Å². The van der Waals surface area contributed by atoms with Gasteiger partial charge in [0.2, 0.25) is 5.91 Å². The highest BCUT2D eigenvalue weighted by atomic mass is 32.2. The Labute approximate surface area is 87.4 Å². The molecule has 0 spiro atoms. The molecule has 0 saturated heterocycles. The van der Waals surface area contributed by atoms with E-state index in [1.54, 1.807) is 12.3 Å². The Morgan fingerprint density at radius 1 is 1.86 bits per heavy atom. The highest BCUT2D eigenvalue weighted by Gasteiger charge is 2.04. The molecule has 0 aliphatic heterocycles. The van der Waals surface area contributed by atoms with Gasteiger partial charge < -0.3 is 9.88 Å². The van der Waals surface area contributed by atoms with Crippen LogP contribution in [0.3, 0.4) is 0 Å². The van der Waals surface area contributed by atoms with Crippen molar-refractivity contribution in [1.29, 1.82) is 0 Å². The number of aromatic nitrogens is 2. The van der Waals surface area contributed by atoms with E-state index in [0.717, 1.165) is 5.16 Å². The van der Waals surface area contributed by atoms with Crippen molar-refractivity contribution in [3.05, 3.63) is 25.0 Å². The van der Waals surface area contributed by atoms with Gasteiger partial charge in [0.1, 0.15) is 0 Å². The summed E-state index contributed by atoms with van der Waals surface area (Å²) in [5, 5.41) is 3.55. The third-order valence-corrected chi connectivity index (χ3v) is 2.61. The average Bonchev–Trinajstić information content (AvgIpc) is 2.58. The Hall–Kier alpha value is -1.23. The summed E-state index contributed by atoms with van der Waals surface area (Å²) < 4.78 is 1.88. The first-order chi connectivity index (χ1) is 6.74. The second-order valence-electron chi connectivity index (χ2n) is 2.70. The Balaban J connectivity index is 2.30. The molecular weight excluding hydrogens is 198 g/mol. The van der Waals surface area contributed by atoms with E-state index in [0.29, 0.717) is 12.3 Å². The average molecular weight is 211 g/mol. The van der Waals surface area contributed by atoms with Crippen LogP contribution >= 0.6 is 11.8 Å². The molecule has 1 rings (SSSR count). The predicted octanol–water partition coefficient (Wildman–Crippen LogP) is 0.814. The maximum Gasteiger partial charge on any atom is 0.230 e. The molecule has 1 N–H and O–H groups in total. The summed E-state index contributed by atoms with van der Waals surface area (Å²) in [5.74, 6) is 0.386. The second kappa shape index (κ2) is 5.49. The highest BCUT2D eigenvalue weighted by molar-refractivity contribution is 7.99. The SMILES string of the molecule is C=CCNC(=O)CSc1nccn1C. The van der Waals surface area contributed by atoms with E-state index < -0.39 is 0 Å². The predicted molar refractivity (Wildman–Crippen MR) is 57.1 cm³/mol. The van der Waals surface area contributed by atoms with E-state index in [-0.39, 0.29) is 5.91 Å². The third-order valence-electron chi connectivity index (χ3n) is 1.55. The smallest absolute Gasteiger partial charge is 0.230 e.